The van der Waals surface area contributed by atoms with Crippen LogP contribution in [0.4, 0.5) is 34.1 Å². The highest BCUT2D eigenvalue weighted by molar-refractivity contribution is 6.04. The van der Waals surface area contributed by atoms with E-state index in [2.05, 4.69) is 533 Å². The van der Waals surface area contributed by atoms with Crippen molar-refractivity contribution >= 4 is 77.2 Å². The van der Waals surface area contributed by atoms with Gasteiger partial charge in [-0.25, -0.2) is 0 Å². The molecule has 2 nitrogen and oxygen atoms in total. The van der Waals surface area contributed by atoms with Crippen LogP contribution in [0.2, 0.25) is 0 Å². The van der Waals surface area contributed by atoms with E-state index in [-0.39, 0.29) is 10.8 Å². The molecule has 2 heteroatoms. The maximum Gasteiger partial charge on any atom is 0.0720 e. The third-order valence-corrected chi connectivity index (χ3v) is 29.4. The molecule has 22 aromatic carbocycles. The van der Waals surface area contributed by atoms with Crippen LogP contribution in [0.25, 0.3) is 110 Å². The van der Waals surface area contributed by atoms with Gasteiger partial charge in [0.15, 0.2) is 0 Å². The Morgan fingerprint density at radius 1 is 0.152 bits per heavy atom. The van der Waals surface area contributed by atoms with Gasteiger partial charge in [0, 0.05) is 38.9 Å². The fraction of sp³-hybridized carbons (Fsp3) is 0.0462. The summed E-state index contributed by atoms with van der Waals surface area (Å²) in [6, 6.07) is 189. The van der Waals surface area contributed by atoms with Crippen molar-refractivity contribution in [2.75, 3.05) is 9.80 Å². The van der Waals surface area contributed by atoms with Crippen molar-refractivity contribution in [2.45, 2.75) is 35.5 Å². The lowest BCUT2D eigenvalue weighted by molar-refractivity contribution is 0.563. The van der Waals surface area contributed by atoms with E-state index in [1.165, 1.54) is 188 Å². The predicted octanol–water partition coefficient (Wildman–Crippen LogP) is 33.7. The molecule has 0 aromatic heterocycles. The summed E-state index contributed by atoms with van der Waals surface area (Å²) in [6.07, 6.45) is 0. The second-order valence-corrected chi connectivity index (χ2v) is 36.3. The Morgan fingerprint density at radius 3 is 0.758 bits per heavy atom. The van der Waals surface area contributed by atoms with Gasteiger partial charge in [-0.2, -0.15) is 0 Å². The summed E-state index contributed by atoms with van der Waals surface area (Å²) in [7, 11) is 0. The lowest BCUT2D eigenvalue weighted by Crippen LogP contribution is -2.44. The summed E-state index contributed by atoms with van der Waals surface area (Å²) in [5.74, 6) is 0. The highest BCUT2D eigenvalue weighted by atomic mass is 15.1. The Labute approximate surface area is 771 Å². The lowest BCUT2D eigenvalue weighted by atomic mass is 9.51. The summed E-state index contributed by atoms with van der Waals surface area (Å²) in [4.78, 5) is 4.81. The molecule has 26 rings (SSSR count). The monoisotopic (exact) mass is 1680 g/mol. The van der Waals surface area contributed by atoms with E-state index in [9.17, 15) is 0 Å². The number of benzene rings is 22. The number of nitrogens with zero attached hydrogens (tertiary/aromatic N) is 2. The molecule has 0 saturated carbocycles. The van der Waals surface area contributed by atoms with Gasteiger partial charge in [-0.05, 0) is 250 Å². The molecule has 4 aliphatic rings. The van der Waals surface area contributed by atoms with Gasteiger partial charge < -0.3 is 9.80 Å². The largest absolute Gasteiger partial charge is 0.310 e. The Hall–Kier alpha value is -16.5. The molecular formula is C130H90N2. The van der Waals surface area contributed by atoms with E-state index < -0.39 is 10.8 Å². The van der Waals surface area contributed by atoms with Gasteiger partial charge in [0.2, 0.25) is 0 Å². The Morgan fingerprint density at radius 2 is 0.394 bits per heavy atom. The van der Waals surface area contributed by atoms with E-state index in [1.54, 1.807) is 0 Å². The molecular weight excluding hydrogens is 1590 g/mol. The van der Waals surface area contributed by atoms with Crippen LogP contribution < -0.4 is 9.80 Å². The average molecular weight is 1680 g/mol. The molecule has 0 atom stereocenters. The molecule has 0 aliphatic heterocycles. The first-order valence-corrected chi connectivity index (χ1v) is 46.2. The average Bonchev–Trinajstić information content (AvgIpc) is 1.39. The van der Waals surface area contributed by atoms with Gasteiger partial charge in [-0.1, -0.05) is 451 Å². The Balaban J connectivity index is 0.000000143. The van der Waals surface area contributed by atoms with Crippen molar-refractivity contribution in [3.8, 4) is 66.8 Å². The third kappa shape index (κ3) is 11.9. The Bertz CT molecular complexity index is 8130. The minimum absolute atomic E-state index is 0.115. The summed E-state index contributed by atoms with van der Waals surface area (Å²) >= 11 is 0. The number of rotatable bonds is 12. The van der Waals surface area contributed by atoms with Crippen molar-refractivity contribution in [3.05, 3.63) is 587 Å². The molecule has 0 radical (unpaired) electrons. The SMILES string of the molecule is CC1(C)c2ccccc2C2(c3ccccc3-c3cc(-c4ccc(N(c5ccc(-c6cccc7ccccc67)cc5)c5cccc6ccccc56)cc4)ccc32)c2ccccc21.c1ccc(C2(c3ccccc3)c3ccccc3C3(c4ccccc4-c4cc(-c5ccc(N(c6ccc(-c7cccc8ccccc78)cc6)c6cccc7ccccc67)cc5)ccc43)c3ccccc32)cc1. The topological polar surface area (TPSA) is 6.48 Å². The van der Waals surface area contributed by atoms with Crippen molar-refractivity contribution in [1.29, 1.82) is 0 Å². The third-order valence-electron chi connectivity index (χ3n) is 29.4. The van der Waals surface area contributed by atoms with E-state index in [0.29, 0.717) is 0 Å². The van der Waals surface area contributed by atoms with Crippen LogP contribution in [0.3, 0.4) is 0 Å². The van der Waals surface area contributed by atoms with Crippen molar-refractivity contribution in [2.24, 2.45) is 0 Å². The fourth-order valence-electron chi connectivity index (χ4n) is 23.6. The molecule has 0 heterocycles. The summed E-state index contributed by atoms with van der Waals surface area (Å²) < 4.78 is 0. The Kier molecular flexibility index (Phi) is 18.4. The van der Waals surface area contributed by atoms with Crippen LogP contribution in [0.1, 0.15) is 91.7 Å². The van der Waals surface area contributed by atoms with E-state index in [1.807, 2.05) is 0 Å². The molecule has 4 aliphatic carbocycles. The molecule has 620 valence electrons. The number of hydrogen-bond donors (Lipinski definition) is 0. The van der Waals surface area contributed by atoms with Gasteiger partial charge in [0.05, 0.1) is 27.6 Å². The van der Waals surface area contributed by atoms with Gasteiger partial charge in [0.1, 0.15) is 0 Å². The van der Waals surface area contributed by atoms with Gasteiger partial charge in [0.25, 0.3) is 0 Å². The molecule has 0 fully saturated rings. The summed E-state index contributed by atoms with van der Waals surface area (Å²) in [6.45, 7) is 4.77. The highest BCUT2D eigenvalue weighted by Gasteiger charge is 2.58. The summed E-state index contributed by atoms with van der Waals surface area (Å²) in [5, 5.41) is 9.88. The molecule has 0 amide bonds. The first-order valence-electron chi connectivity index (χ1n) is 46.2. The van der Waals surface area contributed by atoms with Crippen molar-refractivity contribution < 1.29 is 0 Å². The second kappa shape index (κ2) is 31.2. The molecule has 22 aromatic rings. The van der Waals surface area contributed by atoms with E-state index in [0.717, 1.165) is 34.1 Å². The van der Waals surface area contributed by atoms with Crippen molar-refractivity contribution in [3.63, 3.8) is 0 Å². The smallest absolute Gasteiger partial charge is 0.0720 e. The van der Waals surface area contributed by atoms with E-state index >= 15 is 0 Å². The number of hydrogen-bond acceptors (Lipinski definition) is 2. The molecule has 0 N–H and O–H groups in total. The fourth-order valence-corrected chi connectivity index (χ4v) is 23.6. The minimum atomic E-state index is -0.531. The zero-order chi connectivity index (χ0) is 87.6. The van der Waals surface area contributed by atoms with Crippen molar-refractivity contribution in [1.82, 2.24) is 0 Å². The normalized spacial score (nSPS) is 13.8. The van der Waals surface area contributed by atoms with Crippen LogP contribution in [0.5, 0.6) is 0 Å². The molecule has 132 heavy (non-hydrogen) atoms. The van der Waals surface area contributed by atoms with Gasteiger partial charge >= 0.3 is 0 Å². The molecule has 0 saturated heterocycles. The predicted molar refractivity (Wildman–Crippen MR) is 553 cm³/mol. The van der Waals surface area contributed by atoms with Crippen LogP contribution >= 0.6 is 0 Å². The summed E-state index contributed by atoms with van der Waals surface area (Å²) in [5.41, 5.74) is 38.8. The maximum absolute atomic E-state index is 2.45. The number of fused-ring (bicyclic) bond motifs is 22. The van der Waals surface area contributed by atoms with Crippen LogP contribution in [-0.2, 0) is 21.7 Å². The molecule has 2 spiro atoms. The second-order valence-electron chi connectivity index (χ2n) is 36.3. The van der Waals surface area contributed by atoms with E-state index in [4.69, 9.17) is 0 Å². The van der Waals surface area contributed by atoms with Gasteiger partial charge in [-0.3, -0.25) is 0 Å². The lowest BCUT2D eigenvalue weighted by Gasteiger charge is -2.50. The van der Waals surface area contributed by atoms with Gasteiger partial charge in [-0.15, -0.1) is 0 Å². The minimum Gasteiger partial charge on any atom is -0.310 e. The standard InChI is InChI=1S/C70H47N.C60H43N/c1-3-23-53(24-4-1)69(54-25-5-2-6-26-54)64-32-13-15-34-66(64)70(67-35-16-14-33-65(67)69)62-31-12-11-29-60(62)61-47-52(41-46-63(61)70)48-37-42-55(43-38-48)71(68-36-18-22-50-20-8-10-28-59(50)68)56-44-39-51(40-45-56)58-30-17-21-49-19-7-9-27-57(49)58;1-59(2)54-24-9-11-26-56(54)60(57-27-12-10-25-55(57)59)52-23-8-7-21-50(52)51-39-44(33-38-53(51)60)40-29-34-45(35-30-40)61(58-28-14-18-42-16-4-6-20-49(42)58)46-36-31-43(32-37-46)48-22-13-17-41-15-3-5-19-47(41)48/h1-47H;3-39H,1-2H3. The van der Waals surface area contributed by atoms with Crippen LogP contribution in [0, 0.1) is 0 Å². The quantitative estimate of drug-likeness (QED) is 0.120. The number of anilines is 6. The maximum atomic E-state index is 2.45. The first-order chi connectivity index (χ1) is 65.2. The van der Waals surface area contributed by atoms with Crippen LogP contribution in [0.15, 0.2) is 510 Å². The molecule has 0 bridgehead atoms. The highest BCUT2D eigenvalue weighted by Crippen LogP contribution is 2.67. The zero-order valence-corrected chi connectivity index (χ0v) is 73.4. The molecule has 0 unspecified atom stereocenters. The first kappa shape index (κ1) is 77.8. The zero-order valence-electron chi connectivity index (χ0n) is 73.4. The van der Waals surface area contributed by atoms with Crippen LogP contribution in [-0.4, -0.2) is 0 Å².